The van der Waals surface area contributed by atoms with E-state index in [-0.39, 0.29) is 5.91 Å². The molecular formula is C17H10BrNO3S2. The third-order valence-electron chi connectivity index (χ3n) is 3.11. The van der Waals surface area contributed by atoms with Gasteiger partial charge in [0.15, 0.2) is 0 Å². The summed E-state index contributed by atoms with van der Waals surface area (Å²) in [5.41, 5.74) is 1.29. The van der Waals surface area contributed by atoms with Crippen LogP contribution in [0, 0.1) is 0 Å². The van der Waals surface area contributed by atoms with Gasteiger partial charge in [-0.1, -0.05) is 52.0 Å². The molecule has 1 saturated heterocycles. The Morgan fingerprint density at radius 2 is 1.79 bits per heavy atom. The van der Waals surface area contributed by atoms with Crippen molar-refractivity contribution in [3.63, 3.8) is 0 Å². The van der Waals surface area contributed by atoms with E-state index >= 15 is 0 Å². The molecular weight excluding hydrogens is 410 g/mol. The highest BCUT2D eigenvalue weighted by molar-refractivity contribution is 9.10. The third-order valence-corrected chi connectivity index (χ3v) is 4.80. The van der Waals surface area contributed by atoms with E-state index in [1.807, 2.05) is 0 Å². The number of rotatable bonds is 3. The van der Waals surface area contributed by atoms with Gasteiger partial charge >= 0.3 is 5.97 Å². The fraction of sp³-hybridized carbons (Fsp3) is 0. The predicted octanol–water partition coefficient (Wildman–Crippen LogP) is 4.16. The number of thioether (sulfide) groups is 1. The zero-order chi connectivity index (χ0) is 17.1. The van der Waals surface area contributed by atoms with Crippen LogP contribution in [-0.4, -0.2) is 16.2 Å². The normalized spacial score (nSPS) is 15.5. The molecule has 1 heterocycles. The van der Waals surface area contributed by atoms with Crippen molar-refractivity contribution in [3.05, 3.63) is 69.0 Å². The zero-order valence-corrected chi connectivity index (χ0v) is 15.3. The molecule has 0 atom stereocenters. The Morgan fingerprint density at radius 3 is 2.38 bits per heavy atom. The van der Waals surface area contributed by atoms with E-state index in [0.717, 1.165) is 10.0 Å². The van der Waals surface area contributed by atoms with Gasteiger partial charge in [-0.3, -0.25) is 4.79 Å². The number of ether oxygens (including phenoxy) is 1. The van der Waals surface area contributed by atoms with Crippen LogP contribution < -0.4 is 10.1 Å². The topological polar surface area (TPSA) is 55.4 Å². The lowest BCUT2D eigenvalue weighted by atomic mass is 10.2. The molecule has 0 aromatic heterocycles. The van der Waals surface area contributed by atoms with Crippen molar-refractivity contribution in [1.29, 1.82) is 0 Å². The minimum atomic E-state index is -0.426. The number of carbonyl (C=O) groups excluding carboxylic acids is 2. The largest absolute Gasteiger partial charge is 0.423 e. The number of amides is 1. The summed E-state index contributed by atoms with van der Waals surface area (Å²) in [6.45, 7) is 0. The highest BCUT2D eigenvalue weighted by atomic mass is 79.9. The maximum absolute atomic E-state index is 12.0. The van der Waals surface area contributed by atoms with Crippen molar-refractivity contribution in [2.45, 2.75) is 0 Å². The molecule has 0 unspecified atom stereocenters. The first kappa shape index (κ1) is 16.9. The fourth-order valence-corrected chi connectivity index (χ4v) is 3.27. The molecule has 0 spiro atoms. The van der Waals surface area contributed by atoms with Gasteiger partial charge in [0.05, 0.1) is 10.5 Å². The number of nitrogens with one attached hydrogen (secondary N) is 1. The quantitative estimate of drug-likeness (QED) is 0.350. The molecule has 7 heteroatoms. The van der Waals surface area contributed by atoms with Crippen LogP contribution in [-0.2, 0) is 4.79 Å². The minimum Gasteiger partial charge on any atom is -0.423 e. The van der Waals surface area contributed by atoms with E-state index in [2.05, 4.69) is 21.2 Å². The van der Waals surface area contributed by atoms with Gasteiger partial charge in [-0.2, -0.15) is 0 Å². The smallest absolute Gasteiger partial charge is 0.343 e. The number of halogens is 1. The Balaban J connectivity index is 1.69. The second kappa shape index (κ2) is 7.29. The predicted molar refractivity (Wildman–Crippen MR) is 102 cm³/mol. The van der Waals surface area contributed by atoms with Crippen molar-refractivity contribution >= 4 is 62.2 Å². The highest BCUT2D eigenvalue weighted by Gasteiger charge is 2.21. The summed E-state index contributed by atoms with van der Waals surface area (Å²) in [7, 11) is 0. The summed E-state index contributed by atoms with van der Waals surface area (Å²) in [6, 6.07) is 13.8. The minimum absolute atomic E-state index is 0.198. The van der Waals surface area contributed by atoms with Crippen LogP contribution in [0.15, 0.2) is 57.9 Å². The molecule has 0 radical (unpaired) electrons. The van der Waals surface area contributed by atoms with Gasteiger partial charge in [0.1, 0.15) is 10.1 Å². The van der Waals surface area contributed by atoms with E-state index in [4.69, 9.17) is 17.0 Å². The Labute approximate surface area is 156 Å². The van der Waals surface area contributed by atoms with Crippen LogP contribution in [0.3, 0.4) is 0 Å². The van der Waals surface area contributed by atoms with Crippen LogP contribution >= 0.6 is 39.9 Å². The van der Waals surface area contributed by atoms with Crippen molar-refractivity contribution in [2.24, 2.45) is 0 Å². The number of hydrogen-bond donors (Lipinski definition) is 1. The molecule has 3 rings (SSSR count). The lowest BCUT2D eigenvalue weighted by Gasteiger charge is -2.05. The molecule has 120 valence electrons. The molecule has 1 N–H and O–H groups in total. The van der Waals surface area contributed by atoms with E-state index in [9.17, 15) is 9.59 Å². The third kappa shape index (κ3) is 4.11. The summed E-state index contributed by atoms with van der Waals surface area (Å²) in [5, 5.41) is 2.56. The molecule has 24 heavy (non-hydrogen) atoms. The first-order valence-corrected chi connectivity index (χ1v) is 8.86. The van der Waals surface area contributed by atoms with Gasteiger partial charge < -0.3 is 10.1 Å². The first-order chi connectivity index (χ1) is 11.5. The highest BCUT2D eigenvalue weighted by Crippen LogP contribution is 2.26. The summed E-state index contributed by atoms with van der Waals surface area (Å²) >= 11 is 9.48. The van der Waals surface area contributed by atoms with Gasteiger partial charge in [-0.15, -0.1) is 0 Å². The lowest BCUT2D eigenvalue weighted by Crippen LogP contribution is -2.17. The lowest BCUT2D eigenvalue weighted by molar-refractivity contribution is -0.115. The van der Waals surface area contributed by atoms with Gasteiger partial charge in [0, 0.05) is 4.47 Å². The first-order valence-electron chi connectivity index (χ1n) is 6.84. The average Bonchev–Trinajstić information content (AvgIpc) is 2.87. The van der Waals surface area contributed by atoms with Crippen LogP contribution in [0.4, 0.5) is 0 Å². The van der Waals surface area contributed by atoms with Crippen LogP contribution in [0.2, 0.25) is 0 Å². The Kier molecular flexibility index (Phi) is 5.13. The van der Waals surface area contributed by atoms with E-state index < -0.39 is 5.97 Å². The van der Waals surface area contributed by atoms with Gasteiger partial charge in [-0.25, -0.2) is 4.79 Å². The van der Waals surface area contributed by atoms with E-state index in [1.54, 1.807) is 54.6 Å². The van der Waals surface area contributed by atoms with Crippen LogP contribution in [0.25, 0.3) is 6.08 Å². The monoisotopic (exact) mass is 419 g/mol. The maximum Gasteiger partial charge on any atom is 0.343 e. The maximum atomic E-state index is 12.0. The summed E-state index contributed by atoms with van der Waals surface area (Å²) in [4.78, 5) is 24.2. The second-order valence-electron chi connectivity index (χ2n) is 4.82. The molecule has 1 fully saturated rings. The van der Waals surface area contributed by atoms with Crippen molar-refractivity contribution in [2.75, 3.05) is 0 Å². The van der Waals surface area contributed by atoms with Crippen LogP contribution in [0.1, 0.15) is 15.9 Å². The van der Waals surface area contributed by atoms with Crippen LogP contribution in [0.5, 0.6) is 5.75 Å². The number of hydrogen-bond acceptors (Lipinski definition) is 5. The molecule has 1 aliphatic heterocycles. The molecule has 4 nitrogen and oxygen atoms in total. The summed E-state index contributed by atoms with van der Waals surface area (Å²) < 4.78 is 6.67. The number of thiocarbonyl (C=S) groups is 1. The molecule has 0 aliphatic carbocycles. The average molecular weight is 420 g/mol. The van der Waals surface area contributed by atoms with Crippen molar-refractivity contribution in [3.8, 4) is 5.75 Å². The molecule has 0 saturated carbocycles. The molecule has 0 bridgehead atoms. The second-order valence-corrected chi connectivity index (χ2v) is 7.45. The summed E-state index contributed by atoms with van der Waals surface area (Å²) in [5.74, 6) is -0.190. The molecule has 2 aromatic carbocycles. The van der Waals surface area contributed by atoms with Gasteiger partial charge in [0.2, 0.25) is 0 Å². The van der Waals surface area contributed by atoms with Gasteiger partial charge in [-0.05, 0) is 48.0 Å². The Bertz CT molecular complexity index is 845. The zero-order valence-electron chi connectivity index (χ0n) is 12.1. The standard InChI is InChI=1S/C17H10BrNO3S2/c18-12-5-3-11(4-6-12)16(21)22-13-7-1-10(2-8-13)9-14-15(20)19-17(23)24-14/h1-9H,(H,19,20,23)/b14-9-. The van der Waals surface area contributed by atoms with E-state index in [0.29, 0.717) is 20.5 Å². The number of esters is 1. The number of carbonyl (C=O) groups is 2. The SMILES string of the molecule is O=C1NC(=S)S/C1=C\c1ccc(OC(=O)c2ccc(Br)cc2)cc1. The van der Waals surface area contributed by atoms with Gasteiger partial charge in [0.25, 0.3) is 5.91 Å². The summed E-state index contributed by atoms with van der Waals surface area (Å²) in [6.07, 6.45) is 1.74. The Hall–Kier alpha value is -1.96. The van der Waals surface area contributed by atoms with E-state index in [1.165, 1.54) is 11.8 Å². The molecule has 2 aromatic rings. The fourth-order valence-electron chi connectivity index (χ4n) is 1.96. The number of benzene rings is 2. The van der Waals surface area contributed by atoms with Crippen molar-refractivity contribution in [1.82, 2.24) is 5.32 Å². The Morgan fingerprint density at radius 1 is 1.12 bits per heavy atom. The van der Waals surface area contributed by atoms with Crippen molar-refractivity contribution < 1.29 is 14.3 Å². The molecule has 1 aliphatic rings. The molecule has 1 amide bonds.